The molecule has 1 unspecified atom stereocenters. The van der Waals surface area contributed by atoms with Crippen molar-refractivity contribution in [1.82, 2.24) is 16.0 Å². The number of hydrogen-bond acceptors (Lipinski definition) is 5. The largest absolute Gasteiger partial charge is 0.368 e. The van der Waals surface area contributed by atoms with E-state index in [1.165, 1.54) is 6.92 Å². The Balaban J connectivity index is 2.58. The first-order valence-corrected chi connectivity index (χ1v) is 7.95. The van der Waals surface area contributed by atoms with Gasteiger partial charge in [-0.3, -0.25) is 19.2 Å². The molecule has 5 N–H and O–H groups in total. The number of rotatable bonds is 9. The molecule has 0 radical (unpaired) electrons. The molecule has 1 fully saturated rings. The number of ketones is 1. The summed E-state index contributed by atoms with van der Waals surface area (Å²) in [6.07, 6.45) is 4.87. The van der Waals surface area contributed by atoms with Crippen molar-refractivity contribution < 1.29 is 19.2 Å². The predicted octanol–water partition coefficient (Wildman–Crippen LogP) is -1.17. The Morgan fingerprint density at radius 1 is 1.04 bits per heavy atom. The fourth-order valence-electron chi connectivity index (χ4n) is 2.73. The highest BCUT2D eigenvalue weighted by Gasteiger charge is 2.30. The molecule has 0 heterocycles. The molecule has 1 atom stereocenters. The van der Waals surface area contributed by atoms with Crippen LogP contribution in [0.25, 0.3) is 0 Å². The Morgan fingerprint density at radius 2 is 1.70 bits per heavy atom. The van der Waals surface area contributed by atoms with E-state index >= 15 is 0 Å². The normalized spacial score (nSPS) is 16.4. The second-order valence-corrected chi connectivity index (χ2v) is 5.93. The second-order valence-electron chi connectivity index (χ2n) is 5.93. The van der Waals surface area contributed by atoms with Gasteiger partial charge in [-0.1, -0.05) is 19.3 Å². The number of amides is 3. The first kappa shape index (κ1) is 19.1. The Labute approximate surface area is 135 Å². The van der Waals surface area contributed by atoms with Gasteiger partial charge >= 0.3 is 0 Å². The average molecular weight is 326 g/mol. The molecule has 1 saturated carbocycles. The minimum atomic E-state index is -0.679. The number of carbonyl (C=O) groups is 4. The van der Waals surface area contributed by atoms with Crippen LogP contribution in [0.2, 0.25) is 0 Å². The van der Waals surface area contributed by atoms with Crippen LogP contribution in [0.5, 0.6) is 0 Å². The molecule has 0 saturated heterocycles. The lowest BCUT2D eigenvalue weighted by atomic mass is 9.83. The van der Waals surface area contributed by atoms with Gasteiger partial charge in [-0.2, -0.15) is 0 Å². The van der Waals surface area contributed by atoms with Gasteiger partial charge in [-0.25, -0.2) is 0 Å². The van der Waals surface area contributed by atoms with Gasteiger partial charge in [0, 0.05) is 0 Å². The predicted molar refractivity (Wildman–Crippen MR) is 84.3 cm³/mol. The van der Waals surface area contributed by atoms with E-state index in [2.05, 4.69) is 16.0 Å². The summed E-state index contributed by atoms with van der Waals surface area (Å²) in [7, 11) is 0. The van der Waals surface area contributed by atoms with Crippen LogP contribution in [0.15, 0.2) is 0 Å². The molecule has 0 aliphatic heterocycles. The first-order chi connectivity index (χ1) is 10.9. The molecule has 8 heteroatoms. The zero-order valence-corrected chi connectivity index (χ0v) is 13.5. The summed E-state index contributed by atoms with van der Waals surface area (Å²) in [5.41, 5.74) is 5.03. The van der Waals surface area contributed by atoms with Crippen molar-refractivity contribution in [2.75, 3.05) is 19.6 Å². The highest BCUT2D eigenvalue weighted by atomic mass is 16.2. The summed E-state index contributed by atoms with van der Waals surface area (Å²) in [4.78, 5) is 45.9. The van der Waals surface area contributed by atoms with Gasteiger partial charge in [-0.15, -0.1) is 0 Å². The molecule has 0 spiro atoms. The number of primary amides is 1. The highest BCUT2D eigenvalue weighted by Crippen LogP contribution is 2.26. The zero-order chi connectivity index (χ0) is 17.2. The SMILES string of the molecule is CC(=O)CNCC(=O)NC(C(=O)NCC(N)=O)C1CCCCC1. The molecular formula is C15H26N4O4. The molecule has 23 heavy (non-hydrogen) atoms. The van der Waals surface area contributed by atoms with Crippen LogP contribution >= 0.6 is 0 Å². The fourth-order valence-corrected chi connectivity index (χ4v) is 2.73. The minimum absolute atomic E-state index is 0.0358. The maximum Gasteiger partial charge on any atom is 0.243 e. The standard InChI is InChI=1S/C15H26N4O4/c1-10(20)7-17-9-13(22)19-14(11-5-3-2-4-6-11)15(23)18-8-12(16)21/h11,14,17H,2-9H2,1H3,(H2,16,21)(H,18,23)(H,19,22). The number of carbonyl (C=O) groups excluding carboxylic acids is 4. The lowest BCUT2D eigenvalue weighted by molar-refractivity contribution is -0.131. The molecule has 1 aliphatic carbocycles. The first-order valence-electron chi connectivity index (χ1n) is 7.95. The van der Waals surface area contributed by atoms with Gasteiger partial charge in [-0.05, 0) is 25.7 Å². The number of hydrogen-bond donors (Lipinski definition) is 4. The molecule has 1 aliphatic rings. The molecule has 0 aromatic rings. The Morgan fingerprint density at radius 3 is 2.26 bits per heavy atom. The number of Topliss-reactive ketones (excluding diaryl/α,β-unsaturated/α-hetero) is 1. The summed E-state index contributed by atoms with van der Waals surface area (Å²) in [6, 6.07) is -0.679. The van der Waals surface area contributed by atoms with E-state index in [-0.39, 0.29) is 37.2 Å². The lowest BCUT2D eigenvalue weighted by Gasteiger charge is -2.30. The van der Waals surface area contributed by atoms with Crippen LogP contribution in [0.4, 0.5) is 0 Å². The third kappa shape index (κ3) is 7.73. The van der Waals surface area contributed by atoms with Crippen LogP contribution in [0.3, 0.4) is 0 Å². The van der Waals surface area contributed by atoms with Gasteiger partial charge in [0.25, 0.3) is 0 Å². The smallest absolute Gasteiger partial charge is 0.243 e. The van der Waals surface area contributed by atoms with Crippen molar-refractivity contribution in [3.63, 3.8) is 0 Å². The molecular weight excluding hydrogens is 300 g/mol. The van der Waals surface area contributed by atoms with E-state index in [4.69, 9.17) is 5.73 Å². The van der Waals surface area contributed by atoms with E-state index < -0.39 is 17.9 Å². The van der Waals surface area contributed by atoms with Gasteiger partial charge in [0.05, 0.1) is 19.6 Å². The van der Waals surface area contributed by atoms with E-state index in [0.717, 1.165) is 32.1 Å². The van der Waals surface area contributed by atoms with Crippen LogP contribution in [0, 0.1) is 5.92 Å². The monoisotopic (exact) mass is 326 g/mol. The number of nitrogens with one attached hydrogen (secondary N) is 3. The third-order valence-electron chi connectivity index (χ3n) is 3.82. The van der Waals surface area contributed by atoms with E-state index in [9.17, 15) is 19.2 Å². The zero-order valence-electron chi connectivity index (χ0n) is 13.5. The van der Waals surface area contributed by atoms with E-state index in [1.807, 2.05) is 0 Å². The van der Waals surface area contributed by atoms with Gasteiger partial charge in [0.2, 0.25) is 17.7 Å². The summed E-state index contributed by atoms with van der Waals surface area (Å²) >= 11 is 0. The topological polar surface area (TPSA) is 130 Å². The molecule has 8 nitrogen and oxygen atoms in total. The van der Waals surface area contributed by atoms with E-state index in [0.29, 0.717) is 0 Å². The summed E-state index contributed by atoms with van der Waals surface area (Å²) in [5, 5.41) is 7.88. The van der Waals surface area contributed by atoms with Crippen molar-refractivity contribution in [1.29, 1.82) is 0 Å². The maximum absolute atomic E-state index is 12.3. The lowest BCUT2D eigenvalue weighted by Crippen LogP contribution is -2.54. The molecule has 0 bridgehead atoms. The van der Waals surface area contributed by atoms with Gasteiger partial charge in [0.15, 0.2) is 0 Å². The average Bonchev–Trinajstić information content (AvgIpc) is 2.50. The molecule has 1 rings (SSSR count). The molecule has 130 valence electrons. The van der Waals surface area contributed by atoms with Crippen molar-refractivity contribution >= 4 is 23.5 Å². The van der Waals surface area contributed by atoms with Crippen LogP contribution in [-0.4, -0.2) is 49.2 Å². The molecule has 3 amide bonds. The van der Waals surface area contributed by atoms with Crippen molar-refractivity contribution in [3.8, 4) is 0 Å². The second kappa shape index (κ2) is 9.94. The van der Waals surface area contributed by atoms with Crippen LogP contribution in [-0.2, 0) is 19.2 Å². The van der Waals surface area contributed by atoms with Crippen LogP contribution in [0.1, 0.15) is 39.0 Å². The van der Waals surface area contributed by atoms with Crippen molar-refractivity contribution in [2.24, 2.45) is 11.7 Å². The number of nitrogens with two attached hydrogens (primary N) is 1. The Bertz CT molecular complexity index is 447. The highest BCUT2D eigenvalue weighted by molar-refractivity contribution is 5.91. The van der Waals surface area contributed by atoms with Gasteiger partial charge in [0.1, 0.15) is 11.8 Å². The summed E-state index contributed by atoms with van der Waals surface area (Å²) in [5.74, 6) is -1.39. The maximum atomic E-state index is 12.3. The molecule has 0 aromatic carbocycles. The van der Waals surface area contributed by atoms with Crippen LogP contribution < -0.4 is 21.7 Å². The summed E-state index contributed by atoms with van der Waals surface area (Å²) < 4.78 is 0. The fraction of sp³-hybridized carbons (Fsp3) is 0.733. The van der Waals surface area contributed by atoms with Gasteiger partial charge < -0.3 is 21.7 Å². The quantitative estimate of drug-likeness (QED) is 0.424. The Kier molecular flexibility index (Phi) is 8.25. The third-order valence-corrected chi connectivity index (χ3v) is 3.82. The minimum Gasteiger partial charge on any atom is -0.368 e. The van der Waals surface area contributed by atoms with E-state index in [1.54, 1.807) is 0 Å². The van der Waals surface area contributed by atoms with Crippen molar-refractivity contribution in [3.05, 3.63) is 0 Å². The summed E-state index contributed by atoms with van der Waals surface area (Å²) in [6.45, 7) is 1.24. The van der Waals surface area contributed by atoms with Crippen molar-refractivity contribution in [2.45, 2.75) is 45.1 Å². The molecule has 0 aromatic heterocycles. The Hall–Kier alpha value is -1.96.